The zero-order valence-corrected chi connectivity index (χ0v) is 11.3. The molecule has 1 N–H and O–H groups in total. The number of anilines is 1. The van der Waals surface area contributed by atoms with Gasteiger partial charge in [-0.1, -0.05) is 17.8 Å². The minimum absolute atomic E-state index is 0. The molecule has 1 aromatic carbocycles. The molecule has 0 unspecified atom stereocenters. The number of carbonyl (C=O) groups excluding carboxylic acids is 1. The summed E-state index contributed by atoms with van der Waals surface area (Å²) in [5, 5.41) is 2.77. The molecule has 0 heterocycles. The largest absolute Gasteiger partial charge is 0.404 e. The van der Waals surface area contributed by atoms with Crippen LogP contribution in [0.5, 0.6) is 0 Å². The van der Waals surface area contributed by atoms with Crippen molar-refractivity contribution in [1.29, 1.82) is 0 Å². The molecular formula is C11H13NOY-2. The van der Waals surface area contributed by atoms with E-state index in [0.717, 1.165) is 17.2 Å². The summed E-state index contributed by atoms with van der Waals surface area (Å²) in [6.07, 6.45) is 0. The van der Waals surface area contributed by atoms with Crippen LogP contribution in [0.25, 0.3) is 0 Å². The molecule has 0 aliphatic heterocycles. The van der Waals surface area contributed by atoms with Crippen molar-refractivity contribution in [2.75, 3.05) is 5.32 Å². The van der Waals surface area contributed by atoms with Crippen LogP contribution in [0.15, 0.2) is 24.3 Å². The van der Waals surface area contributed by atoms with Crippen LogP contribution < -0.4 is 5.32 Å². The maximum Gasteiger partial charge on any atom is 0.0781 e. The first-order valence-electron chi connectivity index (χ1n) is 4.14. The van der Waals surface area contributed by atoms with E-state index >= 15 is 0 Å². The van der Waals surface area contributed by atoms with Crippen LogP contribution in [0, 0.1) is 12.8 Å². The third-order valence-corrected chi connectivity index (χ3v) is 1.72. The van der Waals surface area contributed by atoms with Crippen molar-refractivity contribution in [3.8, 4) is 0 Å². The monoisotopic (exact) mass is 264 g/mol. The molecule has 0 aromatic heterocycles. The summed E-state index contributed by atoms with van der Waals surface area (Å²) in [5.74, 6) is 0.680. The quantitative estimate of drug-likeness (QED) is 0.816. The van der Waals surface area contributed by atoms with E-state index < -0.39 is 0 Å². The van der Waals surface area contributed by atoms with E-state index in [9.17, 15) is 4.79 Å². The summed E-state index contributed by atoms with van der Waals surface area (Å²) in [7, 11) is 0. The van der Waals surface area contributed by atoms with E-state index in [1.807, 2.05) is 24.3 Å². The SMILES string of the molecule is [CH2-]c1ccccc1NC(=O)[C-](C)C.[Y]. The summed E-state index contributed by atoms with van der Waals surface area (Å²) >= 11 is 0. The Morgan fingerprint density at radius 3 is 2.43 bits per heavy atom. The van der Waals surface area contributed by atoms with Crippen LogP contribution in [0.4, 0.5) is 5.69 Å². The molecule has 0 aliphatic rings. The van der Waals surface area contributed by atoms with Gasteiger partial charge < -0.3 is 10.1 Å². The maximum atomic E-state index is 11.3. The fourth-order valence-corrected chi connectivity index (χ4v) is 0.890. The molecule has 0 saturated carbocycles. The van der Waals surface area contributed by atoms with E-state index in [-0.39, 0.29) is 38.6 Å². The van der Waals surface area contributed by atoms with Gasteiger partial charge in [0, 0.05) is 32.7 Å². The number of hydrogen-bond acceptors (Lipinski definition) is 1. The second kappa shape index (κ2) is 6.10. The molecule has 0 aliphatic carbocycles. The number of para-hydroxylation sites is 1. The fraction of sp³-hybridized carbons (Fsp3) is 0.182. The van der Waals surface area contributed by atoms with Crippen molar-refractivity contribution >= 4 is 11.6 Å². The van der Waals surface area contributed by atoms with Gasteiger partial charge >= 0.3 is 0 Å². The summed E-state index contributed by atoms with van der Waals surface area (Å²) in [4.78, 5) is 11.3. The Kier molecular flexibility index (Phi) is 5.90. The van der Waals surface area contributed by atoms with Gasteiger partial charge in [-0.2, -0.15) is 32.4 Å². The number of nitrogens with one attached hydrogen (secondary N) is 1. The minimum atomic E-state index is -0.0592. The third kappa shape index (κ3) is 3.73. The Hall–Kier alpha value is -0.466. The van der Waals surface area contributed by atoms with Gasteiger partial charge in [-0.3, -0.25) is 5.92 Å². The number of rotatable bonds is 2. The van der Waals surface area contributed by atoms with Crippen LogP contribution in [0.2, 0.25) is 0 Å². The second-order valence-electron chi connectivity index (χ2n) is 3.11. The smallest absolute Gasteiger partial charge is 0.0781 e. The molecule has 0 fully saturated rings. The molecular weight excluding hydrogens is 251 g/mol. The first kappa shape index (κ1) is 13.5. The van der Waals surface area contributed by atoms with Crippen LogP contribution >= 0.6 is 0 Å². The molecule has 0 bridgehead atoms. The summed E-state index contributed by atoms with van der Waals surface area (Å²) in [5.41, 5.74) is 1.60. The van der Waals surface area contributed by atoms with Crippen LogP contribution in [0.1, 0.15) is 19.4 Å². The number of carbonyl (C=O) groups is 1. The van der Waals surface area contributed by atoms with Crippen LogP contribution in [-0.4, -0.2) is 5.91 Å². The molecule has 1 amide bonds. The zero-order chi connectivity index (χ0) is 9.84. The van der Waals surface area contributed by atoms with Crippen molar-refractivity contribution in [1.82, 2.24) is 0 Å². The normalized spacial score (nSPS) is 8.71. The summed E-state index contributed by atoms with van der Waals surface area (Å²) in [6.45, 7) is 7.37. The van der Waals surface area contributed by atoms with Crippen molar-refractivity contribution in [3.05, 3.63) is 42.7 Å². The van der Waals surface area contributed by atoms with E-state index in [4.69, 9.17) is 0 Å². The molecule has 1 rings (SSSR count). The van der Waals surface area contributed by atoms with Crippen LogP contribution in [-0.2, 0) is 37.5 Å². The molecule has 0 spiro atoms. The van der Waals surface area contributed by atoms with Gasteiger partial charge in [-0.25, -0.2) is 0 Å². The van der Waals surface area contributed by atoms with Crippen molar-refractivity contribution in [3.63, 3.8) is 0 Å². The summed E-state index contributed by atoms with van der Waals surface area (Å²) in [6, 6.07) is 7.46. The standard InChI is InChI=1S/C11H13NO.Y/c1-8(2)11(13)12-10-7-5-4-6-9(10)3;/h4-7H,3H2,1-2H3,(H,12,13);/q-2;. The van der Waals surface area contributed by atoms with E-state index in [1.165, 1.54) is 0 Å². The summed E-state index contributed by atoms with van der Waals surface area (Å²) < 4.78 is 0. The zero-order valence-electron chi connectivity index (χ0n) is 8.50. The van der Waals surface area contributed by atoms with E-state index in [1.54, 1.807) is 13.8 Å². The Labute approximate surface area is 110 Å². The minimum Gasteiger partial charge on any atom is -0.404 e. The second-order valence-corrected chi connectivity index (χ2v) is 3.11. The fourth-order valence-electron chi connectivity index (χ4n) is 0.890. The molecule has 1 aromatic rings. The Morgan fingerprint density at radius 2 is 1.93 bits per heavy atom. The van der Waals surface area contributed by atoms with Gasteiger partial charge in [-0.05, 0) is 0 Å². The van der Waals surface area contributed by atoms with Gasteiger partial charge in [0.25, 0.3) is 0 Å². The van der Waals surface area contributed by atoms with Crippen molar-refractivity contribution in [2.45, 2.75) is 13.8 Å². The molecule has 0 atom stereocenters. The van der Waals surface area contributed by atoms with Crippen molar-refractivity contribution < 1.29 is 37.5 Å². The van der Waals surface area contributed by atoms with Gasteiger partial charge in [0.2, 0.25) is 0 Å². The predicted molar refractivity (Wildman–Crippen MR) is 54.1 cm³/mol. The van der Waals surface area contributed by atoms with E-state index in [2.05, 4.69) is 12.2 Å². The Morgan fingerprint density at radius 1 is 1.36 bits per heavy atom. The predicted octanol–water partition coefficient (Wildman–Crippen LogP) is 2.42. The van der Waals surface area contributed by atoms with Crippen LogP contribution in [0.3, 0.4) is 0 Å². The van der Waals surface area contributed by atoms with Gasteiger partial charge in [0.05, 0.1) is 5.91 Å². The topological polar surface area (TPSA) is 29.1 Å². The first-order chi connectivity index (χ1) is 6.11. The first-order valence-corrected chi connectivity index (χ1v) is 4.14. The maximum absolute atomic E-state index is 11.3. The molecule has 3 heteroatoms. The molecule has 2 nitrogen and oxygen atoms in total. The van der Waals surface area contributed by atoms with Gasteiger partial charge in [-0.15, -0.1) is 6.07 Å². The average Bonchev–Trinajstić information content (AvgIpc) is 2.08. The molecule has 1 radical (unpaired) electrons. The third-order valence-electron chi connectivity index (χ3n) is 1.72. The molecule has 0 saturated heterocycles. The van der Waals surface area contributed by atoms with Gasteiger partial charge in [0.15, 0.2) is 0 Å². The number of hydrogen-bond donors (Lipinski definition) is 1. The molecule has 73 valence electrons. The number of amides is 1. The van der Waals surface area contributed by atoms with Crippen molar-refractivity contribution in [2.24, 2.45) is 0 Å². The average molecular weight is 264 g/mol. The Balaban J connectivity index is 0.00000169. The molecule has 14 heavy (non-hydrogen) atoms. The van der Waals surface area contributed by atoms with Gasteiger partial charge in [0.1, 0.15) is 0 Å². The Bertz CT molecular complexity index is 310. The number of benzene rings is 1. The van der Waals surface area contributed by atoms with E-state index in [0.29, 0.717) is 0 Å².